The highest BCUT2D eigenvalue weighted by molar-refractivity contribution is 5.91. The maximum atomic E-state index is 4.39. The quantitative estimate of drug-likeness (QED) is 0.180. The van der Waals surface area contributed by atoms with E-state index in [0.717, 1.165) is 18.4 Å². The molecule has 4 aliphatic carbocycles. The molecule has 0 fully saturated rings. The Morgan fingerprint density at radius 3 is 2.06 bits per heavy atom. The standard InChI is InChI=1S/C50H39N/c1-34-15-12-22-40(36-30-28-35(29-31-36)37-16-14-32-51-33-37)47(34)50(39-19-6-3-7-20-39)45-26-11-10-25-44(45)49(38-17-4-2-5-18-38)43-24-9-8-21-41(43)42-23-13-27-46(50)48(42)49/h2-14,16-23,25-34,43H,15,24H2,1H3. The van der Waals surface area contributed by atoms with Crippen LogP contribution in [0.5, 0.6) is 0 Å². The van der Waals surface area contributed by atoms with Gasteiger partial charge in [0.1, 0.15) is 0 Å². The van der Waals surface area contributed by atoms with Crippen molar-refractivity contribution >= 4 is 11.1 Å². The molecular formula is C50H39N. The molecule has 5 aromatic carbocycles. The second kappa shape index (κ2) is 11.6. The fraction of sp³-hybridized carbons (Fsp3) is 0.140. The van der Waals surface area contributed by atoms with Crippen molar-refractivity contribution in [1.29, 1.82) is 0 Å². The summed E-state index contributed by atoms with van der Waals surface area (Å²) >= 11 is 0. The van der Waals surface area contributed by atoms with Gasteiger partial charge < -0.3 is 0 Å². The summed E-state index contributed by atoms with van der Waals surface area (Å²) in [6.07, 6.45) is 17.7. The molecule has 4 atom stereocenters. The summed E-state index contributed by atoms with van der Waals surface area (Å²) in [5.74, 6) is 0.619. The number of nitrogens with zero attached hydrogens (tertiary/aromatic N) is 1. The van der Waals surface area contributed by atoms with Crippen molar-refractivity contribution in [2.75, 3.05) is 0 Å². The molecule has 0 saturated carbocycles. The Morgan fingerprint density at radius 2 is 1.29 bits per heavy atom. The maximum Gasteiger partial charge on any atom is 0.0679 e. The van der Waals surface area contributed by atoms with Crippen LogP contribution in [-0.4, -0.2) is 4.98 Å². The first-order chi connectivity index (χ1) is 25.2. The Kier molecular flexibility index (Phi) is 6.86. The second-order valence-electron chi connectivity index (χ2n) is 14.6. The highest BCUT2D eigenvalue weighted by Gasteiger charge is 2.61. The van der Waals surface area contributed by atoms with E-state index in [1.165, 1.54) is 66.8 Å². The topological polar surface area (TPSA) is 12.9 Å². The second-order valence-corrected chi connectivity index (χ2v) is 14.6. The molecule has 0 N–H and O–H groups in total. The Hall–Kier alpha value is -5.79. The van der Waals surface area contributed by atoms with Gasteiger partial charge in [-0.1, -0.05) is 171 Å². The van der Waals surface area contributed by atoms with Crippen molar-refractivity contribution in [2.24, 2.45) is 11.8 Å². The third-order valence-electron chi connectivity index (χ3n) is 12.2. The van der Waals surface area contributed by atoms with Gasteiger partial charge in [0.2, 0.25) is 0 Å². The summed E-state index contributed by atoms with van der Waals surface area (Å²) in [6.45, 7) is 2.45. The molecule has 244 valence electrons. The number of pyridine rings is 1. The van der Waals surface area contributed by atoms with E-state index in [0.29, 0.717) is 11.8 Å². The Labute approximate surface area is 301 Å². The summed E-state index contributed by atoms with van der Waals surface area (Å²) in [7, 11) is 0. The van der Waals surface area contributed by atoms with Gasteiger partial charge in [-0.15, -0.1) is 0 Å². The minimum absolute atomic E-state index is 0.306. The monoisotopic (exact) mass is 653 g/mol. The number of aromatic nitrogens is 1. The van der Waals surface area contributed by atoms with Crippen LogP contribution in [-0.2, 0) is 10.8 Å². The fourth-order valence-corrected chi connectivity index (χ4v) is 10.4. The molecule has 0 bridgehead atoms. The zero-order valence-corrected chi connectivity index (χ0v) is 28.8. The van der Waals surface area contributed by atoms with Crippen molar-refractivity contribution in [3.05, 3.63) is 232 Å². The Bertz CT molecular complexity index is 2410. The van der Waals surface area contributed by atoms with Crippen molar-refractivity contribution in [3.63, 3.8) is 0 Å². The normalized spacial score (nSPS) is 24.1. The summed E-state index contributed by atoms with van der Waals surface area (Å²) in [6, 6.07) is 52.8. The van der Waals surface area contributed by atoms with Crippen molar-refractivity contribution in [3.8, 4) is 11.1 Å². The van der Waals surface area contributed by atoms with E-state index in [2.05, 4.69) is 176 Å². The van der Waals surface area contributed by atoms with Gasteiger partial charge >= 0.3 is 0 Å². The molecule has 1 nitrogen and oxygen atoms in total. The predicted octanol–water partition coefficient (Wildman–Crippen LogP) is 11.8. The van der Waals surface area contributed by atoms with Crippen LogP contribution in [0, 0.1) is 11.8 Å². The number of benzene rings is 5. The minimum Gasteiger partial charge on any atom is -0.264 e. The molecule has 51 heavy (non-hydrogen) atoms. The van der Waals surface area contributed by atoms with E-state index in [-0.39, 0.29) is 5.41 Å². The molecule has 1 aromatic heterocycles. The molecule has 0 saturated heterocycles. The lowest BCUT2D eigenvalue weighted by Gasteiger charge is -2.53. The van der Waals surface area contributed by atoms with Gasteiger partial charge in [0.25, 0.3) is 0 Å². The van der Waals surface area contributed by atoms with E-state index in [1.54, 1.807) is 0 Å². The first kappa shape index (κ1) is 30.1. The number of allylic oxidation sites excluding steroid dienone is 8. The molecule has 10 rings (SSSR count). The SMILES string of the molecule is CC1CC=CC(c2ccc(-c3cccnc3)cc2)=C1C1(c2ccccc2)c2ccccc2C2(c3ccccc3)c3c(cccc31)C1=CC=CCC12. The summed E-state index contributed by atoms with van der Waals surface area (Å²) in [5, 5.41) is 0. The van der Waals surface area contributed by atoms with Crippen LogP contribution in [0.3, 0.4) is 0 Å². The van der Waals surface area contributed by atoms with Gasteiger partial charge in [-0.3, -0.25) is 4.98 Å². The third kappa shape index (κ3) is 4.12. The van der Waals surface area contributed by atoms with Gasteiger partial charge in [0.15, 0.2) is 0 Å². The van der Waals surface area contributed by atoms with Crippen LogP contribution in [0.1, 0.15) is 64.3 Å². The lowest BCUT2D eigenvalue weighted by Crippen LogP contribution is -2.48. The van der Waals surface area contributed by atoms with Gasteiger partial charge in [-0.2, -0.15) is 0 Å². The van der Waals surface area contributed by atoms with Crippen LogP contribution in [0.2, 0.25) is 0 Å². The van der Waals surface area contributed by atoms with Crippen molar-refractivity contribution in [2.45, 2.75) is 30.6 Å². The van der Waals surface area contributed by atoms with Gasteiger partial charge in [0.05, 0.1) is 10.8 Å². The molecule has 0 amide bonds. The highest BCUT2D eigenvalue weighted by Crippen LogP contribution is 2.68. The molecule has 1 heteroatoms. The third-order valence-corrected chi connectivity index (χ3v) is 12.2. The van der Waals surface area contributed by atoms with Gasteiger partial charge in [0, 0.05) is 18.3 Å². The zero-order valence-electron chi connectivity index (χ0n) is 28.8. The summed E-state index contributed by atoms with van der Waals surface area (Å²) in [5.41, 5.74) is 16.9. The molecule has 0 spiro atoms. The molecule has 4 unspecified atom stereocenters. The Morgan fingerprint density at radius 1 is 0.588 bits per heavy atom. The number of hydrogen-bond acceptors (Lipinski definition) is 1. The summed E-state index contributed by atoms with van der Waals surface area (Å²) in [4.78, 5) is 4.39. The predicted molar refractivity (Wildman–Crippen MR) is 210 cm³/mol. The molecule has 6 aromatic rings. The smallest absolute Gasteiger partial charge is 0.0679 e. The fourth-order valence-electron chi connectivity index (χ4n) is 10.4. The van der Waals surface area contributed by atoms with Gasteiger partial charge in [-0.05, 0) is 97.2 Å². The molecule has 4 aliphatic rings. The zero-order chi connectivity index (χ0) is 34.0. The first-order valence-corrected chi connectivity index (χ1v) is 18.4. The molecule has 1 heterocycles. The van der Waals surface area contributed by atoms with Crippen LogP contribution in [0.25, 0.3) is 22.3 Å². The maximum absolute atomic E-state index is 4.39. The van der Waals surface area contributed by atoms with Crippen LogP contribution >= 0.6 is 0 Å². The Balaban J connectivity index is 1.35. The van der Waals surface area contributed by atoms with E-state index in [4.69, 9.17) is 0 Å². The lowest BCUT2D eigenvalue weighted by molar-refractivity contribution is 0.444. The van der Waals surface area contributed by atoms with Crippen molar-refractivity contribution in [1.82, 2.24) is 4.98 Å². The average Bonchev–Trinajstić information content (AvgIpc) is 3.52. The number of hydrogen-bond donors (Lipinski definition) is 0. The molecular weight excluding hydrogens is 615 g/mol. The largest absolute Gasteiger partial charge is 0.264 e. The van der Waals surface area contributed by atoms with Crippen LogP contribution in [0.4, 0.5) is 0 Å². The minimum atomic E-state index is -0.509. The average molecular weight is 654 g/mol. The number of fused-ring (bicyclic) bond motifs is 5. The molecule has 0 aliphatic heterocycles. The van der Waals surface area contributed by atoms with E-state index in [1.807, 2.05) is 18.5 Å². The van der Waals surface area contributed by atoms with Crippen LogP contribution < -0.4 is 0 Å². The van der Waals surface area contributed by atoms with Crippen LogP contribution in [0.15, 0.2) is 188 Å². The first-order valence-electron chi connectivity index (χ1n) is 18.4. The van der Waals surface area contributed by atoms with E-state index < -0.39 is 5.41 Å². The van der Waals surface area contributed by atoms with E-state index in [9.17, 15) is 0 Å². The van der Waals surface area contributed by atoms with Gasteiger partial charge in [-0.25, -0.2) is 0 Å². The number of rotatable bonds is 5. The van der Waals surface area contributed by atoms with Crippen molar-refractivity contribution < 1.29 is 0 Å². The summed E-state index contributed by atoms with van der Waals surface area (Å²) < 4.78 is 0. The highest BCUT2D eigenvalue weighted by atomic mass is 14.6. The lowest BCUT2D eigenvalue weighted by atomic mass is 9.48. The molecule has 0 radical (unpaired) electrons. The van der Waals surface area contributed by atoms with E-state index >= 15 is 0 Å².